The second-order valence-electron chi connectivity index (χ2n) is 8.04. The fourth-order valence-electron chi connectivity index (χ4n) is 3.34. The maximum absolute atomic E-state index is 12.4. The number of hydrogen-bond acceptors (Lipinski definition) is 3. The molecule has 1 fully saturated rings. The van der Waals surface area contributed by atoms with Gasteiger partial charge in [-0.2, -0.15) is 0 Å². The van der Waals surface area contributed by atoms with Crippen LogP contribution in [0.1, 0.15) is 44.2 Å². The SMILES string of the molecule is CC(C)(C)OC(=O)NC1(CNCc2ccccc2)CC1c1ccccc1. The zero-order valence-electron chi connectivity index (χ0n) is 15.8. The van der Waals surface area contributed by atoms with Gasteiger partial charge in [-0.1, -0.05) is 60.7 Å². The summed E-state index contributed by atoms with van der Waals surface area (Å²) in [6.07, 6.45) is 0.565. The third-order valence-corrected chi connectivity index (χ3v) is 4.64. The standard InChI is InChI=1S/C22H28N2O2/c1-21(2,3)26-20(25)24-22(14-19(22)18-12-8-5-9-13-18)16-23-15-17-10-6-4-7-11-17/h4-13,19,23H,14-16H2,1-3H3,(H,24,25). The van der Waals surface area contributed by atoms with Crippen molar-refractivity contribution in [2.24, 2.45) is 0 Å². The molecule has 0 spiro atoms. The van der Waals surface area contributed by atoms with Crippen molar-refractivity contribution in [1.29, 1.82) is 0 Å². The highest BCUT2D eigenvalue weighted by Gasteiger charge is 2.56. The van der Waals surface area contributed by atoms with Gasteiger partial charge in [-0.3, -0.25) is 0 Å². The zero-order chi connectivity index (χ0) is 18.6. The monoisotopic (exact) mass is 352 g/mol. The molecule has 1 aliphatic carbocycles. The number of benzene rings is 2. The second kappa shape index (κ2) is 7.50. The molecule has 2 aromatic rings. The summed E-state index contributed by atoms with van der Waals surface area (Å²) in [5.41, 5.74) is 1.69. The molecule has 3 rings (SSSR count). The van der Waals surface area contributed by atoms with Crippen LogP contribution >= 0.6 is 0 Å². The minimum Gasteiger partial charge on any atom is -0.444 e. The molecule has 26 heavy (non-hydrogen) atoms. The van der Waals surface area contributed by atoms with Gasteiger partial charge in [0.2, 0.25) is 0 Å². The molecule has 0 bridgehead atoms. The molecule has 1 saturated carbocycles. The second-order valence-corrected chi connectivity index (χ2v) is 8.04. The average Bonchev–Trinajstić information content (AvgIpc) is 3.28. The first-order valence-corrected chi connectivity index (χ1v) is 9.19. The Labute approximate surface area is 156 Å². The predicted molar refractivity (Wildman–Crippen MR) is 104 cm³/mol. The van der Waals surface area contributed by atoms with E-state index in [1.807, 2.05) is 57.2 Å². The van der Waals surface area contributed by atoms with E-state index in [9.17, 15) is 4.79 Å². The van der Waals surface area contributed by atoms with Crippen LogP contribution in [0.25, 0.3) is 0 Å². The molecule has 138 valence electrons. The van der Waals surface area contributed by atoms with Crippen molar-refractivity contribution in [3.05, 3.63) is 71.8 Å². The predicted octanol–water partition coefficient (Wildman–Crippen LogP) is 4.23. The van der Waals surface area contributed by atoms with Crippen LogP contribution in [0.3, 0.4) is 0 Å². The van der Waals surface area contributed by atoms with Crippen molar-refractivity contribution >= 4 is 6.09 Å². The molecule has 2 atom stereocenters. The van der Waals surface area contributed by atoms with Crippen LogP contribution in [0.4, 0.5) is 4.79 Å². The van der Waals surface area contributed by atoms with E-state index < -0.39 is 5.60 Å². The fourth-order valence-corrected chi connectivity index (χ4v) is 3.34. The van der Waals surface area contributed by atoms with E-state index in [0.717, 1.165) is 13.0 Å². The van der Waals surface area contributed by atoms with Gasteiger partial charge in [0, 0.05) is 19.0 Å². The highest BCUT2D eigenvalue weighted by molar-refractivity contribution is 5.70. The fraction of sp³-hybridized carbons (Fsp3) is 0.409. The number of nitrogens with one attached hydrogen (secondary N) is 2. The van der Waals surface area contributed by atoms with Gasteiger partial charge < -0.3 is 15.4 Å². The third kappa shape index (κ3) is 4.85. The minimum atomic E-state index is -0.500. The van der Waals surface area contributed by atoms with E-state index >= 15 is 0 Å². The molecular weight excluding hydrogens is 324 g/mol. The molecule has 1 aliphatic rings. The molecule has 0 aromatic heterocycles. The van der Waals surface area contributed by atoms with Gasteiger partial charge in [0.25, 0.3) is 0 Å². The van der Waals surface area contributed by atoms with Crippen LogP contribution in [0.5, 0.6) is 0 Å². The zero-order valence-corrected chi connectivity index (χ0v) is 15.8. The summed E-state index contributed by atoms with van der Waals surface area (Å²) in [4.78, 5) is 12.4. The normalized spacial score (nSPS) is 21.9. The number of amides is 1. The Bertz CT molecular complexity index is 725. The van der Waals surface area contributed by atoms with Gasteiger partial charge >= 0.3 is 6.09 Å². The molecule has 0 aliphatic heterocycles. The number of rotatable bonds is 6. The van der Waals surface area contributed by atoms with E-state index in [-0.39, 0.29) is 11.6 Å². The summed E-state index contributed by atoms with van der Waals surface area (Å²) in [5.74, 6) is 0.305. The number of ether oxygens (including phenoxy) is 1. The van der Waals surface area contributed by atoms with Gasteiger partial charge in [0.15, 0.2) is 0 Å². The third-order valence-electron chi connectivity index (χ3n) is 4.64. The van der Waals surface area contributed by atoms with Gasteiger partial charge in [-0.25, -0.2) is 4.79 Å². The number of carbonyl (C=O) groups is 1. The van der Waals surface area contributed by atoms with Gasteiger partial charge in [-0.15, -0.1) is 0 Å². The topological polar surface area (TPSA) is 50.4 Å². The Morgan fingerprint density at radius 3 is 2.31 bits per heavy atom. The number of hydrogen-bond donors (Lipinski definition) is 2. The van der Waals surface area contributed by atoms with Gasteiger partial charge in [-0.05, 0) is 38.3 Å². The molecule has 0 radical (unpaired) electrons. The van der Waals surface area contributed by atoms with Crippen LogP contribution < -0.4 is 10.6 Å². The summed E-state index contributed by atoms with van der Waals surface area (Å²) in [5, 5.41) is 6.64. The van der Waals surface area contributed by atoms with E-state index in [2.05, 4.69) is 34.9 Å². The Morgan fingerprint density at radius 1 is 1.08 bits per heavy atom. The highest BCUT2D eigenvalue weighted by Crippen LogP contribution is 2.51. The lowest BCUT2D eigenvalue weighted by molar-refractivity contribution is 0.0494. The largest absolute Gasteiger partial charge is 0.444 e. The molecule has 0 saturated heterocycles. The van der Waals surface area contributed by atoms with E-state index in [1.54, 1.807) is 0 Å². The van der Waals surface area contributed by atoms with Gasteiger partial charge in [0.05, 0.1) is 5.54 Å². The lowest BCUT2D eigenvalue weighted by Crippen LogP contribution is -2.47. The van der Waals surface area contributed by atoms with Crippen LogP contribution in [-0.4, -0.2) is 23.8 Å². The Kier molecular flexibility index (Phi) is 5.33. The summed E-state index contributed by atoms with van der Waals surface area (Å²) >= 11 is 0. The molecule has 2 unspecified atom stereocenters. The van der Waals surface area contributed by atoms with Crippen molar-refractivity contribution in [3.8, 4) is 0 Å². The van der Waals surface area contributed by atoms with Crippen LogP contribution in [0.15, 0.2) is 60.7 Å². The Morgan fingerprint density at radius 2 is 1.69 bits per heavy atom. The maximum atomic E-state index is 12.4. The first kappa shape index (κ1) is 18.5. The van der Waals surface area contributed by atoms with Gasteiger partial charge in [0.1, 0.15) is 5.60 Å². The number of carbonyl (C=O) groups excluding carboxylic acids is 1. The van der Waals surface area contributed by atoms with Crippen LogP contribution in [0.2, 0.25) is 0 Å². The van der Waals surface area contributed by atoms with Crippen molar-refractivity contribution in [2.45, 2.75) is 50.8 Å². The summed E-state index contributed by atoms with van der Waals surface area (Å²) < 4.78 is 5.48. The van der Waals surface area contributed by atoms with Crippen LogP contribution in [0, 0.1) is 0 Å². The Balaban J connectivity index is 1.66. The van der Waals surface area contributed by atoms with Crippen molar-refractivity contribution in [2.75, 3.05) is 6.54 Å². The van der Waals surface area contributed by atoms with E-state index in [1.165, 1.54) is 11.1 Å². The first-order chi connectivity index (χ1) is 12.4. The maximum Gasteiger partial charge on any atom is 0.408 e. The molecule has 4 heteroatoms. The lowest BCUT2D eigenvalue weighted by Gasteiger charge is -2.25. The lowest BCUT2D eigenvalue weighted by atomic mass is 10.1. The molecule has 2 N–H and O–H groups in total. The molecule has 0 heterocycles. The van der Waals surface area contributed by atoms with Crippen LogP contribution in [-0.2, 0) is 11.3 Å². The summed E-state index contributed by atoms with van der Waals surface area (Å²) in [6, 6.07) is 20.6. The molecule has 1 amide bonds. The molecule has 2 aromatic carbocycles. The number of alkyl carbamates (subject to hydrolysis) is 1. The highest BCUT2D eigenvalue weighted by atomic mass is 16.6. The van der Waals surface area contributed by atoms with Crippen molar-refractivity contribution in [3.63, 3.8) is 0 Å². The van der Waals surface area contributed by atoms with Crippen molar-refractivity contribution < 1.29 is 9.53 Å². The summed E-state index contributed by atoms with van der Waals surface area (Å²) in [6.45, 7) is 7.14. The quantitative estimate of drug-likeness (QED) is 0.818. The van der Waals surface area contributed by atoms with E-state index in [0.29, 0.717) is 12.5 Å². The average molecular weight is 352 g/mol. The molecular formula is C22H28N2O2. The van der Waals surface area contributed by atoms with Crippen molar-refractivity contribution in [1.82, 2.24) is 10.6 Å². The summed E-state index contributed by atoms with van der Waals surface area (Å²) in [7, 11) is 0. The smallest absolute Gasteiger partial charge is 0.408 e. The molecule has 4 nitrogen and oxygen atoms in total. The minimum absolute atomic E-state index is 0.293. The first-order valence-electron chi connectivity index (χ1n) is 9.19. The van der Waals surface area contributed by atoms with E-state index in [4.69, 9.17) is 4.74 Å². The Hall–Kier alpha value is -2.33.